The summed E-state index contributed by atoms with van der Waals surface area (Å²) in [5.74, 6) is 0.524. The van der Waals surface area contributed by atoms with Gasteiger partial charge in [0.1, 0.15) is 17.5 Å². The lowest BCUT2D eigenvalue weighted by Crippen LogP contribution is -2.46. The zero-order valence-electron chi connectivity index (χ0n) is 21.6. The van der Waals surface area contributed by atoms with E-state index in [0.717, 1.165) is 23.3 Å². The van der Waals surface area contributed by atoms with E-state index in [0.29, 0.717) is 17.9 Å². The lowest BCUT2D eigenvalue weighted by Gasteiger charge is -2.30. The standard InChI is InChI=1S/C32H32N2O4/c1-37-25-15-11-23(12-16-25)28-29(31(35)24-13-17-26(38-2)18-14-24)27-10-6-7-21-34(27)30(28)32(36)33-20-19-22-8-4-3-5-9-22/h3-18,21,27-30H,19-20H2,1-2H3,(H,33,36). The molecule has 1 amide bonds. The Morgan fingerprint density at radius 2 is 1.50 bits per heavy atom. The number of nitrogens with one attached hydrogen (secondary N) is 1. The molecule has 2 aliphatic rings. The van der Waals surface area contributed by atoms with E-state index in [9.17, 15) is 9.59 Å². The Balaban J connectivity index is 1.49. The van der Waals surface area contributed by atoms with Gasteiger partial charge in [-0.3, -0.25) is 9.59 Å². The van der Waals surface area contributed by atoms with Crippen LogP contribution in [-0.2, 0) is 11.2 Å². The number of ketones is 1. The number of nitrogens with zero attached hydrogens (tertiary/aromatic N) is 1. The van der Waals surface area contributed by atoms with E-state index in [1.165, 1.54) is 0 Å². The maximum atomic E-state index is 14.1. The minimum absolute atomic E-state index is 0.00278. The quantitative estimate of drug-likeness (QED) is 0.422. The van der Waals surface area contributed by atoms with Gasteiger partial charge in [-0.2, -0.15) is 0 Å². The Kier molecular flexibility index (Phi) is 7.59. The van der Waals surface area contributed by atoms with E-state index in [2.05, 4.69) is 17.4 Å². The first-order chi connectivity index (χ1) is 18.6. The van der Waals surface area contributed by atoms with Gasteiger partial charge in [0.2, 0.25) is 5.91 Å². The third-order valence-electron chi connectivity index (χ3n) is 7.44. The molecule has 6 heteroatoms. The van der Waals surface area contributed by atoms with E-state index in [-0.39, 0.29) is 23.7 Å². The van der Waals surface area contributed by atoms with Crippen molar-refractivity contribution >= 4 is 11.7 Å². The number of benzene rings is 3. The van der Waals surface area contributed by atoms with Gasteiger partial charge in [-0.15, -0.1) is 0 Å². The fraction of sp³-hybridized carbons (Fsp3) is 0.250. The van der Waals surface area contributed by atoms with Crippen molar-refractivity contribution in [3.05, 3.63) is 120 Å². The molecule has 2 aliphatic heterocycles. The molecule has 6 nitrogen and oxygen atoms in total. The number of hydrogen-bond acceptors (Lipinski definition) is 5. The van der Waals surface area contributed by atoms with Crippen LogP contribution in [-0.4, -0.2) is 49.4 Å². The summed E-state index contributed by atoms with van der Waals surface area (Å²) in [7, 11) is 3.23. The SMILES string of the molecule is COc1ccc(C(=O)C2C(c3ccc(OC)cc3)C(C(=O)NCCc3ccccc3)N3C=CC=CC23)cc1. The number of rotatable bonds is 9. The van der Waals surface area contributed by atoms with E-state index in [1.54, 1.807) is 38.5 Å². The molecule has 1 N–H and O–H groups in total. The highest BCUT2D eigenvalue weighted by Crippen LogP contribution is 2.46. The van der Waals surface area contributed by atoms with Gasteiger partial charge in [0, 0.05) is 24.2 Å². The highest BCUT2D eigenvalue weighted by Gasteiger charge is 2.53. The highest BCUT2D eigenvalue weighted by molar-refractivity contribution is 6.01. The first kappa shape index (κ1) is 25.3. The van der Waals surface area contributed by atoms with Gasteiger partial charge in [0.05, 0.1) is 26.2 Å². The smallest absolute Gasteiger partial charge is 0.243 e. The third-order valence-corrected chi connectivity index (χ3v) is 7.44. The molecule has 0 radical (unpaired) electrons. The number of amides is 1. The summed E-state index contributed by atoms with van der Waals surface area (Å²) in [6.45, 7) is 0.518. The van der Waals surface area contributed by atoms with Gasteiger partial charge >= 0.3 is 0 Å². The Labute approximate surface area is 223 Å². The molecular weight excluding hydrogens is 476 g/mol. The molecule has 0 aliphatic carbocycles. The molecule has 4 unspecified atom stereocenters. The predicted octanol–water partition coefficient (Wildman–Crippen LogP) is 4.78. The molecule has 1 saturated heterocycles. The fourth-order valence-corrected chi connectivity index (χ4v) is 5.56. The number of hydrogen-bond donors (Lipinski definition) is 1. The molecule has 194 valence electrons. The molecule has 3 aromatic carbocycles. The third kappa shape index (κ3) is 5.07. The summed E-state index contributed by atoms with van der Waals surface area (Å²) < 4.78 is 10.7. The Morgan fingerprint density at radius 3 is 2.16 bits per heavy atom. The molecule has 4 atom stereocenters. The van der Waals surface area contributed by atoms with Gasteiger partial charge in [-0.05, 0) is 60.0 Å². The zero-order chi connectivity index (χ0) is 26.5. The Hall–Kier alpha value is -4.32. The number of carbonyl (C=O) groups is 2. The molecule has 38 heavy (non-hydrogen) atoms. The van der Waals surface area contributed by atoms with Gasteiger partial charge in [0.25, 0.3) is 0 Å². The van der Waals surface area contributed by atoms with Crippen LogP contribution >= 0.6 is 0 Å². The molecule has 5 rings (SSSR count). The largest absolute Gasteiger partial charge is 0.497 e. The first-order valence-electron chi connectivity index (χ1n) is 12.9. The first-order valence-corrected chi connectivity index (χ1v) is 12.9. The maximum absolute atomic E-state index is 14.1. The second-order valence-electron chi connectivity index (χ2n) is 9.55. The van der Waals surface area contributed by atoms with Crippen molar-refractivity contribution in [2.75, 3.05) is 20.8 Å². The molecular formula is C32H32N2O4. The average Bonchev–Trinajstić information content (AvgIpc) is 3.32. The monoisotopic (exact) mass is 508 g/mol. The van der Waals surface area contributed by atoms with Crippen LogP contribution in [0.25, 0.3) is 0 Å². The zero-order valence-corrected chi connectivity index (χ0v) is 21.6. The maximum Gasteiger partial charge on any atom is 0.243 e. The molecule has 0 spiro atoms. The van der Waals surface area contributed by atoms with E-state index in [1.807, 2.05) is 71.8 Å². The van der Waals surface area contributed by atoms with Crippen molar-refractivity contribution in [2.45, 2.75) is 24.4 Å². The summed E-state index contributed by atoms with van der Waals surface area (Å²) in [5.41, 5.74) is 2.69. The van der Waals surface area contributed by atoms with Crippen molar-refractivity contribution in [3.63, 3.8) is 0 Å². The number of fused-ring (bicyclic) bond motifs is 1. The van der Waals surface area contributed by atoms with Crippen LogP contribution in [0.3, 0.4) is 0 Å². The average molecular weight is 509 g/mol. The van der Waals surface area contributed by atoms with Gasteiger partial charge in [-0.25, -0.2) is 0 Å². The lowest BCUT2D eigenvalue weighted by molar-refractivity contribution is -0.125. The number of Topliss-reactive ketones (excluding diaryl/α,β-unsaturated/α-hetero) is 1. The van der Waals surface area contributed by atoms with Crippen LogP contribution < -0.4 is 14.8 Å². The van der Waals surface area contributed by atoms with Crippen molar-refractivity contribution in [2.24, 2.45) is 5.92 Å². The van der Waals surface area contributed by atoms with Crippen LogP contribution in [0.5, 0.6) is 11.5 Å². The molecule has 2 heterocycles. The topological polar surface area (TPSA) is 67.9 Å². The molecule has 0 bridgehead atoms. The van der Waals surface area contributed by atoms with Crippen LogP contribution in [0.2, 0.25) is 0 Å². The van der Waals surface area contributed by atoms with E-state index >= 15 is 0 Å². The van der Waals surface area contributed by atoms with Crippen LogP contribution in [0.15, 0.2) is 103 Å². The Morgan fingerprint density at radius 1 is 0.842 bits per heavy atom. The second-order valence-corrected chi connectivity index (χ2v) is 9.55. The van der Waals surface area contributed by atoms with Gasteiger partial charge < -0.3 is 19.7 Å². The van der Waals surface area contributed by atoms with E-state index in [4.69, 9.17) is 9.47 Å². The van der Waals surface area contributed by atoms with Crippen LogP contribution in [0.4, 0.5) is 0 Å². The van der Waals surface area contributed by atoms with Gasteiger partial charge in [0.15, 0.2) is 5.78 Å². The number of ether oxygens (including phenoxy) is 2. The summed E-state index contributed by atoms with van der Waals surface area (Å²) in [4.78, 5) is 30.0. The Bertz CT molecular complexity index is 1320. The summed E-state index contributed by atoms with van der Waals surface area (Å²) in [6.07, 6.45) is 8.58. The molecule has 1 fully saturated rings. The van der Waals surface area contributed by atoms with E-state index < -0.39 is 12.0 Å². The minimum atomic E-state index is -0.544. The normalized spacial score (nSPS) is 21.6. The lowest BCUT2D eigenvalue weighted by atomic mass is 9.77. The highest BCUT2D eigenvalue weighted by atomic mass is 16.5. The van der Waals surface area contributed by atoms with Crippen LogP contribution in [0, 0.1) is 5.92 Å². The van der Waals surface area contributed by atoms with Crippen molar-refractivity contribution in [1.82, 2.24) is 10.2 Å². The predicted molar refractivity (Wildman–Crippen MR) is 147 cm³/mol. The van der Waals surface area contributed by atoms with Crippen LogP contribution in [0.1, 0.15) is 27.4 Å². The summed E-state index contributed by atoms with van der Waals surface area (Å²) in [5, 5.41) is 3.15. The summed E-state index contributed by atoms with van der Waals surface area (Å²) in [6, 6.07) is 24.2. The van der Waals surface area contributed by atoms with Crippen molar-refractivity contribution in [3.8, 4) is 11.5 Å². The number of allylic oxidation sites excluding steroid dienone is 2. The molecule has 0 aromatic heterocycles. The number of methoxy groups -OCH3 is 2. The number of carbonyl (C=O) groups excluding carboxylic acids is 2. The summed E-state index contributed by atoms with van der Waals surface area (Å²) >= 11 is 0. The van der Waals surface area contributed by atoms with Gasteiger partial charge in [-0.1, -0.05) is 54.6 Å². The molecule has 0 saturated carbocycles. The second kappa shape index (κ2) is 11.4. The minimum Gasteiger partial charge on any atom is -0.497 e. The molecule has 3 aromatic rings. The van der Waals surface area contributed by atoms with Crippen molar-refractivity contribution in [1.29, 1.82) is 0 Å². The van der Waals surface area contributed by atoms with Crippen molar-refractivity contribution < 1.29 is 19.1 Å². The fourth-order valence-electron chi connectivity index (χ4n) is 5.56.